The molecule has 0 N–H and O–H groups in total. The van der Waals surface area contributed by atoms with E-state index in [0.29, 0.717) is 0 Å². The molecule has 1 spiro atoms. The maximum Gasteiger partial charge on any atom is 0.170 e. The van der Waals surface area contributed by atoms with Crippen LogP contribution in [0, 0.1) is 0 Å². The Hall–Kier alpha value is -0.530. The minimum absolute atomic E-state index is 0.222. The summed E-state index contributed by atoms with van der Waals surface area (Å²) in [4.78, 5) is 3.95. The van der Waals surface area contributed by atoms with Crippen molar-refractivity contribution in [2.75, 3.05) is 6.54 Å². The lowest BCUT2D eigenvalue weighted by Crippen LogP contribution is -2.09. The van der Waals surface area contributed by atoms with Crippen LogP contribution in [0.4, 0.5) is 0 Å². The summed E-state index contributed by atoms with van der Waals surface area (Å²) in [5.74, 6) is 0. The van der Waals surface area contributed by atoms with E-state index in [2.05, 4.69) is 4.99 Å². The van der Waals surface area contributed by atoms with Crippen molar-refractivity contribution < 1.29 is 4.74 Å². The maximum atomic E-state index is 5.16. The average molecular weight is 97.1 g/mol. The second kappa shape index (κ2) is 0.831. The lowest BCUT2D eigenvalue weighted by atomic mass is 10.4. The zero-order chi connectivity index (χ0) is 4.74. The quantitative estimate of drug-likeness (QED) is 0.433. The van der Waals surface area contributed by atoms with Crippen molar-refractivity contribution in [3.63, 3.8) is 0 Å². The van der Waals surface area contributed by atoms with Gasteiger partial charge in [-0.15, -0.1) is 0 Å². The number of hydrogen-bond donors (Lipinski definition) is 0. The van der Waals surface area contributed by atoms with Gasteiger partial charge in [-0.3, -0.25) is 4.99 Å². The number of rotatable bonds is 0. The lowest BCUT2D eigenvalue weighted by molar-refractivity contribution is 0.212. The molecule has 2 heteroatoms. The number of aliphatic imine (C=N–C) groups is 1. The first-order valence-electron chi connectivity index (χ1n) is 2.57. The van der Waals surface area contributed by atoms with Gasteiger partial charge in [-0.2, -0.15) is 0 Å². The van der Waals surface area contributed by atoms with E-state index in [0.717, 1.165) is 6.54 Å². The maximum absolute atomic E-state index is 5.16. The number of nitrogens with zero attached hydrogens (tertiary/aromatic N) is 1. The summed E-state index contributed by atoms with van der Waals surface area (Å²) in [6.07, 6.45) is 4.01. The van der Waals surface area contributed by atoms with Crippen molar-refractivity contribution in [2.45, 2.75) is 18.4 Å². The fourth-order valence-corrected chi connectivity index (χ4v) is 0.805. The highest BCUT2D eigenvalue weighted by molar-refractivity contribution is 5.51. The third-order valence-corrected chi connectivity index (χ3v) is 1.56. The first kappa shape index (κ1) is 3.47. The Bertz CT molecular complexity index is 105. The highest BCUT2D eigenvalue weighted by Crippen LogP contribution is 2.41. The average Bonchev–Trinajstić information content (AvgIpc) is 2.15. The molecule has 1 aliphatic heterocycles. The Balaban J connectivity index is 2.14. The highest BCUT2D eigenvalue weighted by Gasteiger charge is 2.46. The van der Waals surface area contributed by atoms with E-state index >= 15 is 0 Å². The Labute approximate surface area is 42.2 Å². The van der Waals surface area contributed by atoms with Crippen molar-refractivity contribution in [3.05, 3.63) is 0 Å². The second-order valence-electron chi connectivity index (χ2n) is 2.25. The van der Waals surface area contributed by atoms with Crippen LogP contribution in [0.1, 0.15) is 12.8 Å². The zero-order valence-electron chi connectivity index (χ0n) is 4.05. The molecular formula is C5H7NO. The standard InChI is InChI=1S/C5H7NO/c1-2-5(1)3-6-4-7-5/h4H,1-3H2. The molecule has 0 aromatic heterocycles. The summed E-state index contributed by atoms with van der Waals surface area (Å²) in [6.45, 7) is 0.910. The normalized spacial score (nSPS) is 30.9. The largest absolute Gasteiger partial charge is 0.475 e. The van der Waals surface area contributed by atoms with E-state index in [1.165, 1.54) is 12.8 Å². The Morgan fingerprint density at radius 3 is 2.71 bits per heavy atom. The zero-order valence-corrected chi connectivity index (χ0v) is 4.05. The second-order valence-corrected chi connectivity index (χ2v) is 2.25. The van der Waals surface area contributed by atoms with E-state index in [-0.39, 0.29) is 5.60 Å². The minimum atomic E-state index is 0.222. The first-order valence-corrected chi connectivity index (χ1v) is 2.57. The van der Waals surface area contributed by atoms with Crippen LogP contribution in [0.2, 0.25) is 0 Å². The van der Waals surface area contributed by atoms with Crippen LogP contribution in [0.15, 0.2) is 4.99 Å². The molecular weight excluding hydrogens is 90.1 g/mol. The molecule has 1 heterocycles. The van der Waals surface area contributed by atoms with Crippen molar-refractivity contribution in [1.82, 2.24) is 0 Å². The van der Waals surface area contributed by atoms with Crippen molar-refractivity contribution >= 4 is 6.40 Å². The van der Waals surface area contributed by atoms with Gasteiger partial charge in [-0.25, -0.2) is 0 Å². The fourth-order valence-electron chi connectivity index (χ4n) is 0.805. The molecule has 2 aliphatic rings. The van der Waals surface area contributed by atoms with E-state index < -0.39 is 0 Å². The molecule has 38 valence electrons. The summed E-state index contributed by atoms with van der Waals surface area (Å²) < 4.78 is 5.16. The topological polar surface area (TPSA) is 21.6 Å². The van der Waals surface area contributed by atoms with Gasteiger partial charge in [0.25, 0.3) is 0 Å². The number of hydrogen-bond acceptors (Lipinski definition) is 2. The van der Waals surface area contributed by atoms with Gasteiger partial charge in [0, 0.05) is 0 Å². The van der Waals surface area contributed by atoms with E-state index in [9.17, 15) is 0 Å². The third-order valence-electron chi connectivity index (χ3n) is 1.56. The van der Waals surface area contributed by atoms with Crippen molar-refractivity contribution in [2.24, 2.45) is 4.99 Å². The summed E-state index contributed by atoms with van der Waals surface area (Å²) in [5.41, 5.74) is 0.222. The molecule has 0 unspecified atom stereocenters. The molecule has 1 fully saturated rings. The molecule has 7 heavy (non-hydrogen) atoms. The van der Waals surface area contributed by atoms with Crippen LogP contribution < -0.4 is 0 Å². The van der Waals surface area contributed by atoms with Crippen LogP contribution >= 0.6 is 0 Å². The first-order chi connectivity index (χ1) is 3.41. The summed E-state index contributed by atoms with van der Waals surface area (Å²) in [6, 6.07) is 0. The smallest absolute Gasteiger partial charge is 0.170 e. The van der Waals surface area contributed by atoms with Gasteiger partial charge in [-0.1, -0.05) is 0 Å². The number of ether oxygens (including phenoxy) is 1. The lowest BCUT2D eigenvalue weighted by Gasteiger charge is -2.00. The molecule has 0 aromatic rings. The Morgan fingerprint density at radius 1 is 1.57 bits per heavy atom. The third kappa shape index (κ3) is 0.363. The SMILES string of the molecule is C1=NCC2(CC2)O1. The van der Waals surface area contributed by atoms with E-state index in [4.69, 9.17) is 4.74 Å². The van der Waals surface area contributed by atoms with Gasteiger partial charge in [0.15, 0.2) is 6.40 Å². The van der Waals surface area contributed by atoms with Crippen LogP contribution in [-0.4, -0.2) is 18.5 Å². The highest BCUT2D eigenvalue weighted by atomic mass is 16.5. The summed E-state index contributed by atoms with van der Waals surface area (Å²) in [5, 5.41) is 0. The fraction of sp³-hybridized carbons (Fsp3) is 0.800. The molecule has 2 rings (SSSR count). The van der Waals surface area contributed by atoms with Crippen molar-refractivity contribution in [3.8, 4) is 0 Å². The van der Waals surface area contributed by atoms with E-state index in [1.54, 1.807) is 6.40 Å². The Morgan fingerprint density at radius 2 is 2.43 bits per heavy atom. The predicted octanol–water partition coefficient (Wildman–Crippen LogP) is 0.578. The van der Waals surface area contributed by atoms with Crippen LogP contribution in [0.5, 0.6) is 0 Å². The summed E-state index contributed by atoms with van der Waals surface area (Å²) >= 11 is 0. The van der Waals surface area contributed by atoms with Gasteiger partial charge in [0.05, 0.1) is 6.54 Å². The van der Waals surface area contributed by atoms with E-state index in [1.807, 2.05) is 0 Å². The molecule has 1 saturated carbocycles. The van der Waals surface area contributed by atoms with Gasteiger partial charge in [0.1, 0.15) is 5.60 Å². The van der Waals surface area contributed by atoms with Crippen LogP contribution in [-0.2, 0) is 4.74 Å². The van der Waals surface area contributed by atoms with Gasteiger partial charge in [0.2, 0.25) is 0 Å². The molecule has 0 aromatic carbocycles. The van der Waals surface area contributed by atoms with Gasteiger partial charge in [-0.05, 0) is 12.8 Å². The van der Waals surface area contributed by atoms with Crippen molar-refractivity contribution in [1.29, 1.82) is 0 Å². The van der Waals surface area contributed by atoms with Gasteiger partial charge >= 0.3 is 0 Å². The summed E-state index contributed by atoms with van der Waals surface area (Å²) in [7, 11) is 0. The molecule has 0 amide bonds. The molecule has 0 saturated heterocycles. The molecule has 2 nitrogen and oxygen atoms in total. The Kier molecular flexibility index (Phi) is 0.412. The van der Waals surface area contributed by atoms with Gasteiger partial charge < -0.3 is 4.74 Å². The van der Waals surface area contributed by atoms with Crippen LogP contribution in [0.25, 0.3) is 0 Å². The monoisotopic (exact) mass is 97.1 g/mol. The van der Waals surface area contributed by atoms with Crippen LogP contribution in [0.3, 0.4) is 0 Å². The molecule has 0 bridgehead atoms. The molecule has 1 aliphatic carbocycles. The predicted molar refractivity (Wildman–Crippen MR) is 26.4 cm³/mol. The minimum Gasteiger partial charge on any atom is -0.475 e. The molecule has 0 atom stereocenters. The molecule has 0 radical (unpaired) electrons.